The van der Waals surface area contributed by atoms with Crippen LogP contribution in [0.4, 0.5) is 0 Å². The third-order valence-electron chi connectivity index (χ3n) is 3.74. The van der Waals surface area contributed by atoms with Crippen LogP contribution in [0.1, 0.15) is 17.8 Å². The number of thioether (sulfide) groups is 1. The maximum atomic E-state index is 12.3. The molecule has 3 rings (SSSR count). The molecule has 7 heteroatoms. The van der Waals surface area contributed by atoms with E-state index in [2.05, 4.69) is 22.1 Å². The zero-order valence-electron chi connectivity index (χ0n) is 14.5. The van der Waals surface area contributed by atoms with Gasteiger partial charge in [-0.3, -0.25) is 9.36 Å². The fraction of sp³-hybridized carbons (Fsp3) is 0.211. The molecule has 134 valence electrons. The van der Waals surface area contributed by atoms with E-state index in [9.17, 15) is 4.79 Å². The van der Waals surface area contributed by atoms with Crippen molar-refractivity contribution in [2.24, 2.45) is 0 Å². The average molecular weight is 385 g/mol. The third-order valence-corrected chi connectivity index (χ3v) is 5.76. The minimum atomic E-state index is -0.0229. The highest BCUT2D eigenvalue weighted by molar-refractivity contribution is 7.99. The molecule has 3 aromatic rings. The Hall–Kier alpha value is -2.38. The molecular formula is C19H20N4OS2. The predicted molar refractivity (Wildman–Crippen MR) is 107 cm³/mol. The predicted octanol–water partition coefficient (Wildman–Crippen LogP) is 4.16. The first kappa shape index (κ1) is 18.4. The molecule has 0 aliphatic rings. The molecule has 0 aliphatic carbocycles. The molecule has 0 aliphatic heterocycles. The Balaban J connectivity index is 1.67. The molecule has 1 aromatic carbocycles. The van der Waals surface area contributed by atoms with E-state index in [-0.39, 0.29) is 11.9 Å². The molecule has 0 bridgehead atoms. The number of amides is 1. The molecule has 1 amide bonds. The fourth-order valence-corrected chi connectivity index (χ4v) is 4.01. The van der Waals surface area contributed by atoms with Crippen molar-refractivity contribution in [1.82, 2.24) is 20.1 Å². The topological polar surface area (TPSA) is 59.8 Å². The molecule has 0 saturated heterocycles. The quantitative estimate of drug-likeness (QED) is 0.468. The van der Waals surface area contributed by atoms with Gasteiger partial charge in [-0.05, 0) is 18.4 Å². The number of nitrogens with zero attached hydrogens (tertiary/aromatic N) is 3. The van der Waals surface area contributed by atoms with Crippen molar-refractivity contribution in [3.63, 3.8) is 0 Å². The van der Waals surface area contributed by atoms with Crippen molar-refractivity contribution in [1.29, 1.82) is 0 Å². The van der Waals surface area contributed by atoms with Crippen LogP contribution >= 0.6 is 23.1 Å². The monoisotopic (exact) mass is 384 g/mol. The average Bonchev–Trinajstić information content (AvgIpc) is 3.31. The summed E-state index contributed by atoms with van der Waals surface area (Å²) in [6, 6.07) is 13.9. The van der Waals surface area contributed by atoms with Crippen LogP contribution in [-0.2, 0) is 11.3 Å². The summed E-state index contributed by atoms with van der Waals surface area (Å²) in [5.41, 5.74) is 0.990. The summed E-state index contributed by atoms with van der Waals surface area (Å²) in [4.78, 5) is 13.4. The second-order valence-corrected chi connectivity index (χ2v) is 7.59. The molecule has 1 unspecified atom stereocenters. The Bertz CT molecular complexity index is 859. The minimum Gasteiger partial charge on any atom is -0.348 e. The normalized spacial score (nSPS) is 11.9. The highest BCUT2D eigenvalue weighted by Crippen LogP contribution is 2.24. The molecule has 0 radical (unpaired) electrons. The van der Waals surface area contributed by atoms with Crippen LogP contribution in [0.5, 0.6) is 0 Å². The van der Waals surface area contributed by atoms with Gasteiger partial charge in [-0.15, -0.1) is 28.1 Å². The minimum absolute atomic E-state index is 0.00836. The van der Waals surface area contributed by atoms with Crippen LogP contribution < -0.4 is 5.32 Å². The highest BCUT2D eigenvalue weighted by Gasteiger charge is 2.16. The number of allylic oxidation sites excluding steroid dienone is 1. The van der Waals surface area contributed by atoms with Gasteiger partial charge in [0.15, 0.2) is 11.0 Å². The van der Waals surface area contributed by atoms with Gasteiger partial charge >= 0.3 is 0 Å². The van der Waals surface area contributed by atoms with Crippen LogP contribution in [0.2, 0.25) is 0 Å². The Morgan fingerprint density at radius 1 is 1.31 bits per heavy atom. The van der Waals surface area contributed by atoms with E-state index in [0.717, 1.165) is 16.3 Å². The molecule has 5 nitrogen and oxygen atoms in total. The van der Waals surface area contributed by atoms with Crippen LogP contribution in [-0.4, -0.2) is 26.4 Å². The van der Waals surface area contributed by atoms with Crippen molar-refractivity contribution in [2.45, 2.75) is 24.7 Å². The summed E-state index contributed by atoms with van der Waals surface area (Å²) < 4.78 is 1.98. The lowest BCUT2D eigenvalue weighted by molar-refractivity contribution is -0.119. The number of hydrogen-bond acceptors (Lipinski definition) is 5. The van der Waals surface area contributed by atoms with E-state index in [1.54, 1.807) is 17.4 Å². The van der Waals surface area contributed by atoms with Crippen molar-refractivity contribution >= 4 is 29.0 Å². The number of nitrogens with one attached hydrogen (secondary N) is 1. The maximum Gasteiger partial charge on any atom is 0.230 e. The van der Waals surface area contributed by atoms with Gasteiger partial charge in [0.25, 0.3) is 0 Å². The van der Waals surface area contributed by atoms with Gasteiger partial charge in [0.05, 0.1) is 11.8 Å². The van der Waals surface area contributed by atoms with Gasteiger partial charge in [-0.2, -0.15) is 0 Å². The maximum absolute atomic E-state index is 12.3. The van der Waals surface area contributed by atoms with Gasteiger partial charge in [0.2, 0.25) is 5.91 Å². The number of hydrogen-bond donors (Lipinski definition) is 1. The lowest BCUT2D eigenvalue weighted by Crippen LogP contribution is -2.27. The smallest absolute Gasteiger partial charge is 0.230 e. The standard InChI is InChI=1S/C19H20N4OS2/c1-3-11-23-18(15-8-5-4-6-9-15)21-22-19(23)26-13-17(24)20-14(2)16-10-7-12-25-16/h3-10,12,14H,1,11,13H2,2H3,(H,20,24). The number of carbonyl (C=O) groups excluding carboxylic acids is 1. The van der Waals surface area contributed by atoms with Crippen molar-refractivity contribution in [3.05, 3.63) is 65.4 Å². The van der Waals surface area contributed by atoms with E-state index < -0.39 is 0 Å². The Kier molecular flexibility index (Phi) is 6.25. The summed E-state index contributed by atoms with van der Waals surface area (Å²) in [6.45, 7) is 6.39. The van der Waals surface area contributed by atoms with Gasteiger partial charge in [-0.1, -0.05) is 54.2 Å². The fourth-order valence-electron chi connectivity index (χ4n) is 2.51. The van der Waals surface area contributed by atoms with Crippen LogP contribution in [0.25, 0.3) is 11.4 Å². The van der Waals surface area contributed by atoms with E-state index in [0.29, 0.717) is 17.5 Å². The number of rotatable bonds is 8. The molecule has 1 atom stereocenters. The summed E-state index contributed by atoms with van der Waals surface area (Å²) in [6.07, 6.45) is 1.80. The summed E-state index contributed by atoms with van der Waals surface area (Å²) in [7, 11) is 0. The molecule has 2 heterocycles. The Morgan fingerprint density at radius 3 is 2.81 bits per heavy atom. The molecule has 1 N–H and O–H groups in total. The van der Waals surface area contributed by atoms with E-state index in [1.807, 2.05) is 59.3 Å². The molecule has 0 fully saturated rings. The molecule has 2 aromatic heterocycles. The molecule has 0 saturated carbocycles. The van der Waals surface area contributed by atoms with E-state index in [1.165, 1.54) is 11.8 Å². The highest BCUT2D eigenvalue weighted by atomic mass is 32.2. The second kappa shape index (κ2) is 8.82. The summed E-state index contributed by atoms with van der Waals surface area (Å²) in [5.74, 6) is 1.05. The molecule has 0 spiro atoms. The van der Waals surface area contributed by atoms with E-state index in [4.69, 9.17) is 0 Å². The number of aromatic nitrogens is 3. The van der Waals surface area contributed by atoms with Crippen molar-refractivity contribution < 1.29 is 4.79 Å². The Labute approximate surface area is 161 Å². The number of benzene rings is 1. The number of carbonyl (C=O) groups is 1. The largest absolute Gasteiger partial charge is 0.348 e. The first-order chi connectivity index (χ1) is 12.7. The molecular weight excluding hydrogens is 364 g/mol. The first-order valence-corrected chi connectivity index (χ1v) is 10.1. The van der Waals surface area contributed by atoms with Crippen LogP contribution in [0.15, 0.2) is 65.7 Å². The zero-order chi connectivity index (χ0) is 18.4. The van der Waals surface area contributed by atoms with Gasteiger partial charge in [0, 0.05) is 17.0 Å². The summed E-state index contributed by atoms with van der Waals surface area (Å²) >= 11 is 3.02. The van der Waals surface area contributed by atoms with Crippen LogP contribution in [0, 0.1) is 0 Å². The molecule has 26 heavy (non-hydrogen) atoms. The zero-order valence-corrected chi connectivity index (χ0v) is 16.1. The van der Waals surface area contributed by atoms with Crippen LogP contribution in [0.3, 0.4) is 0 Å². The SMILES string of the molecule is C=CCn1c(SCC(=O)NC(C)c2cccs2)nnc1-c1ccccc1. The van der Waals surface area contributed by atoms with Gasteiger partial charge in [0.1, 0.15) is 0 Å². The third kappa shape index (κ3) is 4.42. The Morgan fingerprint density at radius 2 is 2.12 bits per heavy atom. The lowest BCUT2D eigenvalue weighted by Gasteiger charge is -2.12. The van der Waals surface area contributed by atoms with E-state index >= 15 is 0 Å². The second-order valence-electron chi connectivity index (χ2n) is 5.66. The first-order valence-electron chi connectivity index (χ1n) is 8.24. The number of thiophene rings is 1. The van der Waals surface area contributed by atoms with Gasteiger partial charge in [-0.25, -0.2) is 0 Å². The van der Waals surface area contributed by atoms with Gasteiger partial charge < -0.3 is 5.32 Å². The lowest BCUT2D eigenvalue weighted by atomic mass is 10.2. The van der Waals surface area contributed by atoms with Crippen molar-refractivity contribution in [3.8, 4) is 11.4 Å². The summed E-state index contributed by atoms with van der Waals surface area (Å²) in [5, 5.41) is 14.3. The van der Waals surface area contributed by atoms with Crippen molar-refractivity contribution in [2.75, 3.05) is 5.75 Å².